The van der Waals surface area contributed by atoms with Gasteiger partial charge in [-0.3, -0.25) is 4.79 Å². The van der Waals surface area contributed by atoms with E-state index in [0.29, 0.717) is 5.56 Å². The molecule has 0 saturated heterocycles. The molecule has 3 heteroatoms. The minimum absolute atomic E-state index is 0.0128. The number of hydrogen-bond donors (Lipinski definition) is 0. The Morgan fingerprint density at radius 2 is 1.78 bits per heavy atom. The largest absolute Gasteiger partial charge is 0.497 e. The van der Waals surface area contributed by atoms with Gasteiger partial charge in [-0.2, -0.15) is 0 Å². The first-order chi connectivity index (χ1) is 11.2. The predicted octanol–water partition coefficient (Wildman–Crippen LogP) is 5.51. The van der Waals surface area contributed by atoms with Gasteiger partial charge in [0.1, 0.15) is 5.75 Å². The fourth-order valence-electron chi connectivity index (χ4n) is 2.38. The molecule has 0 amide bonds. The fraction of sp³-hybridized carbons (Fsp3) is 0.0500. The summed E-state index contributed by atoms with van der Waals surface area (Å²) >= 11 is 3.38. The molecule has 0 fully saturated rings. The number of benzene rings is 3. The van der Waals surface area contributed by atoms with Gasteiger partial charge < -0.3 is 4.74 Å². The van der Waals surface area contributed by atoms with Gasteiger partial charge in [-0.15, -0.1) is 0 Å². The summed E-state index contributed by atoms with van der Waals surface area (Å²) in [6.07, 6.45) is 3.44. The molecule has 0 atom stereocenters. The van der Waals surface area contributed by atoms with E-state index in [4.69, 9.17) is 4.74 Å². The Kier molecular flexibility index (Phi) is 4.58. The van der Waals surface area contributed by atoms with Crippen molar-refractivity contribution in [3.05, 3.63) is 82.3 Å². The van der Waals surface area contributed by atoms with E-state index in [1.165, 1.54) is 0 Å². The third-order valence-corrected chi connectivity index (χ3v) is 4.10. The highest BCUT2D eigenvalue weighted by Crippen LogP contribution is 2.22. The standard InChI is InChI=1S/C20H15BrO2/c1-23-19-9-8-15-11-14(5-7-16(15)13-19)6-10-20(22)17-3-2-4-18(21)12-17/h2-13H,1H3/b10-6+. The fourth-order valence-corrected chi connectivity index (χ4v) is 2.78. The highest BCUT2D eigenvalue weighted by molar-refractivity contribution is 9.10. The van der Waals surface area contributed by atoms with E-state index < -0.39 is 0 Å². The van der Waals surface area contributed by atoms with Gasteiger partial charge in [-0.1, -0.05) is 52.3 Å². The average molecular weight is 367 g/mol. The monoisotopic (exact) mass is 366 g/mol. The van der Waals surface area contributed by atoms with Crippen molar-refractivity contribution >= 4 is 38.6 Å². The first-order valence-electron chi connectivity index (χ1n) is 7.21. The van der Waals surface area contributed by atoms with Gasteiger partial charge in [0.15, 0.2) is 5.78 Å². The van der Waals surface area contributed by atoms with Crippen LogP contribution in [0.3, 0.4) is 0 Å². The molecular formula is C20H15BrO2. The Balaban J connectivity index is 1.84. The molecule has 0 bridgehead atoms. The summed E-state index contributed by atoms with van der Waals surface area (Å²) in [5, 5.41) is 2.22. The number of ether oxygens (including phenoxy) is 1. The van der Waals surface area contributed by atoms with Crippen LogP contribution >= 0.6 is 15.9 Å². The maximum Gasteiger partial charge on any atom is 0.185 e. The molecule has 0 aliphatic carbocycles. The van der Waals surface area contributed by atoms with Crippen LogP contribution in [0.1, 0.15) is 15.9 Å². The molecule has 0 saturated carbocycles. The number of allylic oxidation sites excluding steroid dienone is 1. The molecule has 0 aromatic heterocycles. The van der Waals surface area contributed by atoms with Gasteiger partial charge >= 0.3 is 0 Å². The van der Waals surface area contributed by atoms with E-state index in [0.717, 1.165) is 26.6 Å². The second kappa shape index (κ2) is 6.80. The number of ketones is 1. The number of methoxy groups -OCH3 is 1. The van der Waals surface area contributed by atoms with Crippen molar-refractivity contribution in [2.75, 3.05) is 7.11 Å². The van der Waals surface area contributed by atoms with E-state index in [1.807, 2.05) is 60.7 Å². The Hall–Kier alpha value is -2.39. The SMILES string of the molecule is COc1ccc2cc(/C=C/C(=O)c3cccc(Br)c3)ccc2c1. The quantitative estimate of drug-likeness (QED) is 0.449. The number of hydrogen-bond acceptors (Lipinski definition) is 2. The summed E-state index contributed by atoms with van der Waals surface area (Å²) in [7, 11) is 1.66. The molecule has 2 nitrogen and oxygen atoms in total. The highest BCUT2D eigenvalue weighted by Gasteiger charge is 2.02. The zero-order valence-electron chi connectivity index (χ0n) is 12.6. The number of rotatable bonds is 4. The molecule has 3 rings (SSSR count). The lowest BCUT2D eigenvalue weighted by atomic mass is 10.1. The second-order valence-corrected chi connectivity index (χ2v) is 6.10. The van der Waals surface area contributed by atoms with Crippen LogP contribution in [-0.2, 0) is 0 Å². The Labute approximate surface area is 143 Å². The van der Waals surface area contributed by atoms with Crippen LogP contribution in [0.15, 0.2) is 71.2 Å². The molecule has 0 radical (unpaired) electrons. The highest BCUT2D eigenvalue weighted by atomic mass is 79.9. The normalized spacial score (nSPS) is 11.0. The maximum atomic E-state index is 12.2. The topological polar surface area (TPSA) is 26.3 Å². The van der Waals surface area contributed by atoms with Crippen molar-refractivity contribution in [2.24, 2.45) is 0 Å². The van der Waals surface area contributed by atoms with E-state index in [1.54, 1.807) is 13.2 Å². The third kappa shape index (κ3) is 3.69. The molecule has 0 heterocycles. The Bertz CT molecular complexity index is 897. The van der Waals surface area contributed by atoms with Gasteiger partial charge in [0.2, 0.25) is 0 Å². The Morgan fingerprint density at radius 3 is 2.57 bits per heavy atom. The van der Waals surface area contributed by atoms with E-state index >= 15 is 0 Å². The van der Waals surface area contributed by atoms with Crippen LogP contribution in [0.5, 0.6) is 5.75 Å². The van der Waals surface area contributed by atoms with Gasteiger partial charge in [-0.05, 0) is 52.7 Å². The zero-order chi connectivity index (χ0) is 16.2. The molecule has 0 aliphatic rings. The van der Waals surface area contributed by atoms with E-state index in [-0.39, 0.29) is 5.78 Å². The predicted molar refractivity (Wildman–Crippen MR) is 98.0 cm³/mol. The summed E-state index contributed by atoms with van der Waals surface area (Å²) in [6, 6.07) is 19.4. The van der Waals surface area contributed by atoms with Crippen LogP contribution in [0.25, 0.3) is 16.8 Å². The lowest BCUT2D eigenvalue weighted by Gasteiger charge is -2.03. The van der Waals surface area contributed by atoms with Gasteiger partial charge in [0.25, 0.3) is 0 Å². The van der Waals surface area contributed by atoms with Crippen LogP contribution < -0.4 is 4.74 Å². The summed E-state index contributed by atoms with van der Waals surface area (Å²) in [5.74, 6) is 0.826. The molecule has 0 spiro atoms. The first-order valence-corrected chi connectivity index (χ1v) is 8.01. The molecule has 3 aromatic carbocycles. The molecule has 0 aliphatic heterocycles. The average Bonchev–Trinajstić information content (AvgIpc) is 2.59. The number of fused-ring (bicyclic) bond motifs is 1. The molecule has 114 valence electrons. The van der Waals surface area contributed by atoms with Crippen LogP contribution in [0, 0.1) is 0 Å². The molecule has 23 heavy (non-hydrogen) atoms. The summed E-state index contributed by atoms with van der Waals surface area (Å²) < 4.78 is 6.13. The minimum Gasteiger partial charge on any atom is -0.497 e. The Morgan fingerprint density at radius 1 is 1.00 bits per heavy atom. The lowest BCUT2D eigenvalue weighted by molar-refractivity contribution is 0.104. The molecule has 0 N–H and O–H groups in total. The van der Waals surface area contributed by atoms with Crippen LogP contribution in [0.2, 0.25) is 0 Å². The van der Waals surface area contributed by atoms with Gasteiger partial charge in [-0.25, -0.2) is 0 Å². The molecule has 0 unspecified atom stereocenters. The maximum absolute atomic E-state index is 12.2. The number of carbonyl (C=O) groups excluding carboxylic acids is 1. The summed E-state index contributed by atoms with van der Waals surface area (Å²) in [6.45, 7) is 0. The lowest BCUT2D eigenvalue weighted by Crippen LogP contribution is -1.93. The van der Waals surface area contributed by atoms with E-state index in [9.17, 15) is 4.79 Å². The molecular weight excluding hydrogens is 352 g/mol. The van der Waals surface area contributed by atoms with Gasteiger partial charge in [0, 0.05) is 10.0 Å². The van der Waals surface area contributed by atoms with Crippen molar-refractivity contribution in [1.82, 2.24) is 0 Å². The smallest absolute Gasteiger partial charge is 0.185 e. The minimum atomic E-state index is -0.0128. The van der Waals surface area contributed by atoms with Gasteiger partial charge in [0.05, 0.1) is 7.11 Å². The summed E-state index contributed by atoms with van der Waals surface area (Å²) in [5.41, 5.74) is 1.66. The zero-order valence-corrected chi connectivity index (χ0v) is 14.2. The van der Waals surface area contributed by atoms with E-state index in [2.05, 4.69) is 22.0 Å². The third-order valence-electron chi connectivity index (χ3n) is 3.61. The van der Waals surface area contributed by atoms with Crippen molar-refractivity contribution in [3.63, 3.8) is 0 Å². The van der Waals surface area contributed by atoms with Crippen molar-refractivity contribution in [3.8, 4) is 5.75 Å². The van der Waals surface area contributed by atoms with Crippen LogP contribution in [0.4, 0.5) is 0 Å². The summed E-state index contributed by atoms with van der Waals surface area (Å²) in [4.78, 5) is 12.2. The first kappa shape index (κ1) is 15.5. The number of carbonyl (C=O) groups is 1. The number of halogens is 1. The second-order valence-electron chi connectivity index (χ2n) is 5.18. The van der Waals surface area contributed by atoms with Crippen LogP contribution in [-0.4, -0.2) is 12.9 Å². The van der Waals surface area contributed by atoms with Crippen molar-refractivity contribution in [1.29, 1.82) is 0 Å². The van der Waals surface area contributed by atoms with Crippen molar-refractivity contribution < 1.29 is 9.53 Å². The van der Waals surface area contributed by atoms with Crippen molar-refractivity contribution in [2.45, 2.75) is 0 Å². The molecule has 3 aromatic rings.